The van der Waals surface area contributed by atoms with E-state index in [0.29, 0.717) is 0 Å². The van der Waals surface area contributed by atoms with E-state index in [2.05, 4.69) is 10.6 Å². The Balaban J connectivity index is 1.85. The molecule has 1 aliphatic carbocycles. The molecule has 2 aliphatic rings. The summed E-state index contributed by atoms with van der Waals surface area (Å²) in [6.45, 7) is 12.4. The molecule has 1 saturated heterocycles. The fourth-order valence-electron chi connectivity index (χ4n) is 6.17. The number of fused-ring (bicyclic) bond motifs is 1. The normalized spacial score (nSPS) is 20.8. The van der Waals surface area contributed by atoms with E-state index in [1.165, 1.54) is 22.4 Å². The van der Waals surface area contributed by atoms with Crippen molar-refractivity contribution in [3.63, 3.8) is 0 Å². The van der Waals surface area contributed by atoms with Gasteiger partial charge in [0.25, 0.3) is 0 Å². The van der Waals surface area contributed by atoms with Crippen molar-refractivity contribution in [3.05, 3.63) is 35.4 Å². The number of carboxylic acid groups (broad SMARTS) is 1. The summed E-state index contributed by atoms with van der Waals surface area (Å²) in [5.74, 6) is -3.49. The molecule has 0 spiro atoms. The Labute approximate surface area is 277 Å². The van der Waals surface area contributed by atoms with E-state index in [4.69, 9.17) is 9.84 Å². The van der Waals surface area contributed by atoms with Gasteiger partial charge in [-0.1, -0.05) is 45.0 Å². The lowest BCUT2D eigenvalue weighted by molar-refractivity contribution is -0.146. The Bertz CT molecular complexity index is 1350. The molecule has 5 atom stereocenters. The number of hydrogen-bond donors (Lipinski definition) is 3. The Morgan fingerprint density at radius 1 is 1.02 bits per heavy atom. The van der Waals surface area contributed by atoms with E-state index in [-0.39, 0.29) is 50.0 Å². The van der Waals surface area contributed by atoms with Gasteiger partial charge in [0.1, 0.15) is 11.6 Å². The molecule has 0 radical (unpaired) electrons. The quantitative estimate of drug-likeness (QED) is 0.322. The predicted molar refractivity (Wildman–Crippen MR) is 175 cm³/mol. The predicted octanol–water partition coefficient (Wildman–Crippen LogP) is 4.01. The lowest BCUT2D eigenvalue weighted by atomic mass is 9.76. The Kier molecular flexibility index (Phi) is 12.2. The van der Waals surface area contributed by atoms with Crippen LogP contribution in [0.3, 0.4) is 0 Å². The molecule has 1 aliphatic heterocycles. The third-order valence-corrected chi connectivity index (χ3v) is 8.98. The van der Waals surface area contributed by atoms with Crippen molar-refractivity contribution in [3.8, 4) is 0 Å². The summed E-state index contributed by atoms with van der Waals surface area (Å²) in [7, 11) is 1.48. The summed E-state index contributed by atoms with van der Waals surface area (Å²) in [6, 6.07) is 5.37. The highest BCUT2D eigenvalue weighted by Gasteiger charge is 2.46. The van der Waals surface area contributed by atoms with Crippen LogP contribution < -0.4 is 10.6 Å². The Hall–Kier alpha value is -3.96. The number of amides is 4. The summed E-state index contributed by atoms with van der Waals surface area (Å²) in [6.07, 6.45) is 1.33. The first-order valence-electron chi connectivity index (χ1n) is 16.5. The van der Waals surface area contributed by atoms with Crippen molar-refractivity contribution in [1.82, 2.24) is 20.4 Å². The van der Waals surface area contributed by atoms with Crippen LogP contribution in [-0.4, -0.2) is 87.8 Å². The maximum atomic E-state index is 14.4. The topological polar surface area (TPSA) is 162 Å². The zero-order valence-electron chi connectivity index (χ0n) is 29.1. The van der Waals surface area contributed by atoms with Gasteiger partial charge in [0, 0.05) is 38.4 Å². The number of nitrogens with zero attached hydrogens (tertiary/aromatic N) is 2. The number of nitrogens with one attached hydrogen (secondary N) is 2. The number of aliphatic carboxylic acids is 1. The number of ether oxygens (including phenoxy) is 1. The van der Waals surface area contributed by atoms with Crippen molar-refractivity contribution in [2.45, 2.75) is 123 Å². The molecule has 3 N–H and O–H groups in total. The van der Waals surface area contributed by atoms with Gasteiger partial charge in [-0.25, -0.2) is 4.79 Å². The summed E-state index contributed by atoms with van der Waals surface area (Å²) in [5.41, 5.74) is 0.776. The van der Waals surface area contributed by atoms with Crippen LogP contribution in [0.4, 0.5) is 4.79 Å². The zero-order valence-corrected chi connectivity index (χ0v) is 29.1. The van der Waals surface area contributed by atoms with Crippen LogP contribution in [-0.2, 0) is 35.1 Å². The minimum absolute atomic E-state index is 0.0329. The number of carbonyl (C=O) groups excluding carboxylic acids is 5. The van der Waals surface area contributed by atoms with E-state index in [1.807, 2.05) is 45.0 Å². The van der Waals surface area contributed by atoms with Crippen LogP contribution in [0.5, 0.6) is 0 Å². The van der Waals surface area contributed by atoms with E-state index >= 15 is 0 Å². The minimum Gasteiger partial charge on any atom is -0.481 e. The SMILES string of the molecule is C[C@@H](C(=O)C[C@H](C(=O)N1C[C@@H](NC(=O)CCC(=O)O)C[C@H]1C(=O)NC1CCCc2ccccc21)C(C)(C)C)N(C)C(=O)OC(C)(C)C. The molecule has 1 unspecified atom stereocenters. The number of carboxylic acids is 1. The van der Waals surface area contributed by atoms with Gasteiger partial charge < -0.3 is 30.3 Å². The molecule has 12 heteroatoms. The molecule has 4 amide bonds. The van der Waals surface area contributed by atoms with Gasteiger partial charge in [0.05, 0.1) is 18.5 Å². The average Bonchev–Trinajstić information content (AvgIpc) is 3.40. The molecule has 1 aromatic carbocycles. The van der Waals surface area contributed by atoms with Crippen LogP contribution >= 0.6 is 0 Å². The van der Waals surface area contributed by atoms with E-state index < -0.39 is 58.9 Å². The second kappa shape index (κ2) is 15.3. The molecule has 0 saturated carbocycles. The molecule has 260 valence electrons. The fraction of sp³-hybridized carbons (Fsp3) is 0.657. The van der Waals surface area contributed by atoms with Crippen LogP contribution in [0, 0.1) is 11.3 Å². The average molecular weight is 657 g/mol. The first-order chi connectivity index (χ1) is 21.8. The number of aryl methyl sites for hydroxylation is 1. The first-order valence-corrected chi connectivity index (χ1v) is 16.5. The molecule has 1 aromatic rings. The molecule has 1 fully saturated rings. The van der Waals surface area contributed by atoms with Crippen molar-refractivity contribution >= 4 is 35.6 Å². The lowest BCUT2D eigenvalue weighted by Crippen LogP contribution is -2.51. The van der Waals surface area contributed by atoms with E-state index in [0.717, 1.165) is 24.8 Å². The molecule has 12 nitrogen and oxygen atoms in total. The smallest absolute Gasteiger partial charge is 0.410 e. The number of likely N-dealkylation sites (tertiary alicyclic amines) is 1. The van der Waals surface area contributed by atoms with Crippen molar-refractivity contribution in [2.75, 3.05) is 13.6 Å². The van der Waals surface area contributed by atoms with Gasteiger partial charge in [-0.15, -0.1) is 0 Å². The van der Waals surface area contributed by atoms with Crippen molar-refractivity contribution in [1.29, 1.82) is 0 Å². The van der Waals surface area contributed by atoms with E-state index in [9.17, 15) is 28.8 Å². The summed E-state index contributed by atoms with van der Waals surface area (Å²) < 4.78 is 5.42. The number of Topliss-reactive ketones (excluding diaryl/α,β-unsaturated/α-hetero) is 1. The minimum atomic E-state index is -1.10. The molecule has 1 heterocycles. The van der Waals surface area contributed by atoms with Gasteiger partial charge >= 0.3 is 12.1 Å². The number of rotatable bonds is 11. The highest BCUT2D eigenvalue weighted by Crippen LogP contribution is 2.35. The number of hydrogen-bond acceptors (Lipinski definition) is 7. The van der Waals surface area contributed by atoms with Crippen molar-refractivity contribution < 1.29 is 38.6 Å². The van der Waals surface area contributed by atoms with Gasteiger partial charge in [0.2, 0.25) is 17.7 Å². The van der Waals surface area contributed by atoms with Gasteiger partial charge in [0.15, 0.2) is 5.78 Å². The molecule has 3 rings (SSSR count). The summed E-state index contributed by atoms with van der Waals surface area (Å²) in [5, 5.41) is 15.0. The lowest BCUT2D eigenvalue weighted by Gasteiger charge is -2.36. The highest BCUT2D eigenvalue weighted by atomic mass is 16.6. The van der Waals surface area contributed by atoms with Gasteiger partial charge in [-0.3, -0.25) is 24.0 Å². The summed E-state index contributed by atoms with van der Waals surface area (Å²) in [4.78, 5) is 80.8. The van der Waals surface area contributed by atoms with Crippen LogP contribution in [0.2, 0.25) is 0 Å². The number of carbonyl (C=O) groups is 6. The third-order valence-electron chi connectivity index (χ3n) is 8.98. The molecule has 47 heavy (non-hydrogen) atoms. The number of likely N-dealkylation sites (N-methyl/N-ethyl adjacent to an activating group) is 1. The van der Waals surface area contributed by atoms with Gasteiger partial charge in [-0.2, -0.15) is 0 Å². The number of benzene rings is 1. The first kappa shape index (κ1) is 37.5. The standard InChI is InChI=1S/C35H52N4O8/c1-21(38(8)33(46)47-35(5,6)7)28(40)19-25(34(2,3)4)32(45)39-20-23(36-29(41)16-17-30(42)43)18-27(39)31(44)37-26-15-11-13-22-12-9-10-14-24(22)26/h9-10,12,14,21,23,25-27H,11,13,15-20H2,1-8H3,(H,36,41)(H,37,44)(H,42,43)/t21-,23-,25+,26?,27-/m0/s1. The largest absolute Gasteiger partial charge is 0.481 e. The molecule has 0 bridgehead atoms. The summed E-state index contributed by atoms with van der Waals surface area (Å²) >= 11 is 0. The number of ketones is 1. The van der Waals surface area contributed by atoms with E-state index in [1.54, 1.807) is 27.7 Å². The highest BCUT2D eigenvalue weighted by molar-refractivity contribution is 5.94. The van der Waals surface area contributed by atoms with Crippen LogP contribution in [0.25, 0.3) is 0 Å². The van der Waals surface area contributed by atoms with Crippen LogP contribution in [0.1, 0.15) is 104 Å². The van der Waals surface area contributed by atoms with Crippen molar-refractivity contribution in [2.24, 2.45) is 11.3 Å². The Morgan fingerprint density at radius 3 is 2.30 bits per heavy atom. The maximum absolute atomic E-state index is 14.4. The third kappa shape index (κ3) is 10.3. The Morgan fingerprint density at radius 2 is 1.68 bits per heavy atom. The molecular formula is C35H52N4O8. The second-order valence-corrected chi connectivity index (χ2v) is 14.9. The van der Waals surface area contributed by atoms with Crippen LogP contribution in [0.15, 0.2) is 24.3 Å². The van der Waals surface area contributed by atoms with Gasteiger partial charge in [-0.05, 0) is 69.9 Å². The monoisotopic (exact) mass is 656 g/mol. The molecule has 0 aromatic heterocycles. The maximum Gasteiger partial charge on any atom is 0.410 e. The molecular weight excluding hydrogens is 604 g/mol. The second-order valence-electron chi connectivity index (χ2n) is 14.9. The zero-order chi connectivity index (χ0) is 35.3. The fourth-order valence-corrected chi connectivity index (χ4v) is 6.17.